The molecule has 1 aliphatic rings. The maximum atomic E-state index is 13.7. The SMILES string of the molecule is CCC(C)NC(=O)c1cc(-c2cnn(C(c3ccccc3)C3CC(F)(F)C3)c2)cn2nc(N)nc12. The van der Waals surface area contributed by atoms with Crippen LogP contribution in [-0.2, 0) is 0 Å². The molecule has 0 aliphatic heterocycles. The number of anilines is 1. The van der Waals surface area contributed by atoms with Gasteiger partial charge in [-0.2, -0.15) is 10.1 Å². The number of halogens is 2. The first-order valence-electron chi connectivity index (χ1n) is 11.7. The van der Waals surface area contributed by atoms with Crippen LogP contribution in [0.1, 0.15) is 55.1 Å². The Morgan fingerprint density at radius 2 is 1.97 bits per heavy atom. The minimum Gasteiger partial charge on any atom is -0.366 e. The molecule has 0 radical (unpaired) electrons. The van der Waals surface area contributed by atoms with Gasteiger partial charge in [0, 0.05) is 42.4 Å². The zero-order valence-corrected chi connectivity index (χ0v) is 19.5. The first-order chi connectivity index (χ1) is 16.7. The fourth-order valence-electron chi connectivity index (χ4n) is 4.59. The lowest BCUT2D eigenvalue weighted by molar-refractivity contribution is -0.120. The molecule has 3 heterocycles. The van der Waals surface area contributed by atoms with E-state index < -0.39 is 5.92 Å². The van der Waals surface area contributed by atoms with Crippen LogP contribution in [-0.4, -0.2) is 42.3 Å². The van der Waals surface area contributed by atoms with Crippen LogP contribution in [0.25, 0.3) is 16.8 Å². The van der Waals surface area contributed by atoms with E-state index in [0.717, 1.165) is 17.5 Å². The fourth-order valence-corrected chi connectivity index (χ4v) is 4.59. The van der Waals surface area contributed by atoms with Crippen LogP contribution in [0, 0.1) is 5.92 Å². The smallest absolute Gasteiger partial charge is 0.255 e. The third-order valence-electron chi connectivity index (χ3n) is 6.61. The average molecular weight is 480 g/mol. The lowest BCUT2D eigenvalue weighted by atomic mass is 9.74. The number of carbonyl (C=O) groups is 1. The normalized spacial score (nSPS) is 17.1. The van der Waals surface area contributed by atoms with E-state index in [1.807, 2.05) is 50.4 Å². The van der Waals surface area contributed by atoms with Crippen molar-refractivity contribution in [1.29, 1.82) is 0 Å². The van der Waals surface area contributed by atoms with E-state index in [1.165, 1.54) is 4.52 Å². The maximum Gasteiger partial charge on any atom is 0.255 e. The zero-order chi connectivity index (χ0) is 24.7. The average Bonchev–Trinajstić information content (AvgIpc) is 3.44. The second-order valence-electron chi connectivity index (χ2n) is 9.25. The van der Waals surface area contributed by atoms with Gasteiger partial charge in [0.15, 0.2) is 5.65 Å². The highest BCUT2D eigenvalue weighted by molar-refractivity contribution is 6.01. The topological polar surface area (TPSA) is 103 Å². The molecule has 2 unspecified atom stereocenters. The van der Waals surface area contributed by atoms with Gasteiger partial charge in [0.25, 0.3) is 5.91 Å². The minimum atomic E-state index is -2.64. The number of pyridine rings is 1. The van der Waals surface area contributed by atoms with Crippen LogP contribution in [0.15, 0.2) is 55.0 Å². The molecule has 4 aromatic rings. The number of amides is 1. The second kappa shape index (κ2) is 8.75. The summed E-state index contributed by atoms with van der Waals surface area (Å²) in [5.41, 5.74) is 8.86. The molecule has 3 aromatic heterocycles. The lowest BCUT2D eigenvalue weighted by Gasteiger charge is -2.40. The number of nitrogens with zero attached hydrogens (tertiary/aromatic N) is 5. The van der Waals surface area contributed by atoms with E-state index in [-0.39, 0.29) is 42.7 Å². The summed E-state index contributed by atoms with van der Waals surface area (Å²) in [4.78, 5) is 17.2. The number of nitrogens with two attached hydrogens (primary N) is 1. The summed E-state index contributed by atoms with van der Waals surface area (Å²) in [6.45, 7) is 3.91. The van der Waals surface area contributed by atoms with Crippen LogP contribution >= 0.6 is 0 Å². The molecule has 1 fully saturated rings. The number of hydrogen-bond acceptors (Lipinski definition) is 5. The van der Waals surface area contributed by atoms with Crippen molar-refractivity contribution in [3.05, 3.63) is 66.1 Å². The number of hydrogen-bond donors (Lipinski definition) is 2. The van der Waals surface area contributed by atoms with E-state index in [0.29, 0.717) is 16.8 Å². The number of aromatic nitrogens is 5. The van der Waals surface area contributed by atoms with Crippen LogP contribution in [0.5, 0.6) is 0 Å². The van der Waals surface area contributed by atoms with Crippen LogP contribution in [0.2, 0.25) is 0 Å². The summed E-state index contributed by atoms with van der Waals surface area (Å²) in [5, 5.41) is 11.7. The molecule has 1 saturated carbocycles. The van der Waals surface area contributed by atoms with Gasteiger partial charge in [-0.1, -0.05) is 37.3 Å². The van der Waals surface area contributed by atoms with Crippen molar-refractivity contribution in [2.24, 2.45) is 5.92 Å². The van der Waals surface area contributed by atoms with Crippen molar-refractivity contribution in [3.63, 3.8) is 0 Å². The maximum absolute atomic E-state index is 13.7. The van der Waals surface area contributed by atoms with Gasteiger partial charge >= 0.3 is 0 Å². The van der Waals surface area contributed by atoms with Crippen LogP contribution in [0.4, 0.5) is 14.7 Å². The highest BCUT2D eigenvalue weighted by atomic mass is 19.3. The molecule has 5 rings (SSSR count). The number of nitrogen functional groups attached to an aromatic ring is 1. The molecule has 182 valence electrons. The Morgan fingerprint density at radius 1 is 1.23 bits per heavy atom. The molecule has 1 aromatic carbocycles. The molecule has 0 saturated heterocycles. The number of carbonyl (C=O) groups excluding carboxylic acids is 1. The standard InChI is InChI=1S/C25H27F2N7O/c1-3-15(2)30-23(35)20-9-17(13-34-22(20)31-24(28)32-34)19-12-29-33(14-19)21(16-7-5-4-6-8-16)18-10-25(26,27)11-18/h4-9,12-15,18,21H,3,10-11H2,1-2H3,(H2,28,32)(H,30,35). The Balaban J connectivity index is 1.53. The Hall–Kier alpha value is -3.82. The van der Waals surface area contributed by atoms with Crippen molar-refractivity contribution in [3.8, 4) is 11.1 Å². The van der Waals surface area contributed by atoms with Gasteiger partial charge in [0.1, 0.15) is 0 Å². The minimum absolute atomic E-state index is 0.0125. The summed E-state index contributed by atoms with van der Waals surface area (Å²) < 4.78 is 30.7. The fraction of sp³-hybridized carbons (Fsp3) is 0.360. The van der Waals surface area contributed by atoms with Gasteiger partial charge in [-0.15, -0.1) is 5.10 Å². The highest BCUT2D eigenvalue weighted by Gasteiger charge is 2.49. The Labute approximate surface area is 201 Å². The number of alkyl halides is 2. The predicted molar refractivity (Wildman–Crippen MR) is 128 cm³/mol. The summed E-state index contributed by atoms with van der Waals surface area (Å²) in [7, 11) is 0. The molecule has 0 spiro atoms. The number of nitrogens with one attached hydrogen (secondary N) is 1. The van der Waals surface area contributed by atoms with E-state index in [1.54, 1.807) is 23.1 Å². The Morgan fingerprint density at radius 3 is 2.66 bits per heavy atom. The van der Waals surface area contributed by atoms with Crippen molar-refractivity contribution in [2.45, 2.75) is 51.1 Å². The van der Waals surface area contributed by atoms with Crippen molar-refractivity contribution in [1.82, 2.24) is 29.7 Å². The van der Waals surface area contributed by atoms with Gasteiger partial charge in [0.2, 0.25) is 11.9 Å². The number of benzene rings is 1. The third kappa shape index (κ3) is 4.48. The summed E-state index contributed by atoms with van der Waals surface area (Å²) in [5.74, 6) is -3.08. The van der Waals surface area contributed by atoms with Crippen LogP contribution in [0.3, 0.4) is 0 Å². The lowest BCUT2D eigenvalue weighted by Crippen LogP contribution is -2.41. The molecule has 8 nitrogen and oxygen atoms in total. The highest BCUT2D eigenvalue weighted by Crippen LogP contribution is 2.49. The van der Waals surface area contributed by atoms with E-state index in [2.05, 4.69) is 20.5 Å². The number of fused-ring (bicyclic) bond motifs is 1. The Bertz CT molecular complexity index is 1360. The van der Waals surface area contributed by atoms with Gasteiger partial charge in [-0.3, -0.25) is 9.48 Å². The van der Waals surface area contributed by atoms with E-state index in [9.17, 15) is 13.6 Å². The quantitative estimate of drug-likeness (QED) is 0.411. The first-order valence-corrected chi connectivity index (χ1v) is 11.7. The molecular weight excluding hydrogens is 452 g/mol. The summed E-state index contributed by atoms with van der Waals surface area (Å²) >= 11 is 0. The van der Waals surface area contributed by atoms with Crippen molar-refractivity contribution in [2.75, 3.05) is 5.73 Å². The third-order valence-corrected chi connectivity index (χ3v) is 6.61. The molecule has 1 amide bonds. The Kier molecular flexibility index (Phi) is 5.74. The zero-order valence-electron chi connectivity index (χ0n) is 19.5. The van der Waals surface area contributed by atoms with Crippen LogP contribution < -0.4 is 11.1 Å². The second-order valence-corrected chi connectivity index (χ2v) is 9.25. The molecule has 3 N–H and O–H groups in total. The molecular formula is C25H27F2N7O. The number of rotatable bonds is 7. The molecule has 0 bridgehead atoms. The van der Waals surface area contributed by atoms with Gasteiger partial charge in [-0.25, -0.2) is 13.3 Å². The van der Waals surface area contributed by atoms with E-state index >= 15 is 0 Å². The largest absolute Gasteiger partial charge is 0.366 e. The first kappa shape index (κ1) is 22.9. The monoisotopic (exact) mass is 479 g/mol. The van der Waals surface area contributed by atoms with Gasteiger partial charge in [0.05, 0.1) is 17.8 Å². The molecule has 35 heavy (non-hydrogen) atoms. The van der Waals surface area contributed by atoms with E-state index in [4.69, 9.17) is 5.73 Å². The predicted octanol–water partition coefficient (Wildman–Crippen LogP) is 4.34. The summed E-state index contributed by atoms with van der Waals surface area (Å²) in [6.07, 6.45) is 5.66. The van der Waals surface area contributed by atoms with Gasteiger partial charge < -0.3 is 11.1 Å². The molecule has 10 heteroatoms. The molecule has 2 atom stereocenters. The molecule has 1 aliphatic carbocycles. The van der Waals surface area contributed by atoms with Crippen molar-refractivity contribution < 1.29 is 13.6 Å². The van der Waals surface area contributed by atoms with Gasteiger partial charge in [-0.05, 0) is 30.9 Å². The van der Waals surface area contributed by atoms with Crippen molar-refractivity contribution >= 4 is 17.5 Å². The summed E-state index contributed by atoms with van der Waals surface area (Å²) in [6, 6.07) is 11.0.